The number of halogens is 1. The molecule has 0 aliphatic heterocycles. The van der Waals surface area contributed by atoms with Gasteiger partial charge in [-0.05, 0) is 44.2 Å². The van der Waals surface area contributed by atoms with Crippen molar-refractivity contribution in [2.45, 2.75) is 20.0 Å². The van der Waals surface area contributed by atoms with Crippen LogP contribution in [0.15, 0.2) is 46.9 Å². The van der Waals surface area contributed by atoms with Crippen LogP contribution in [0.3, 0.4) is 0 Å². The maximum atomic E-state index is 12.4. The lowest BCUT2D eigenvalue weighted by Crippen LogP contribution is -2.42. The number of hydrazine groups is 1. The van der Waals surface area contributed by atoms with E-state index in [0.717, 1.165) is 4.47 Å². The van der Waals surface area contributed by atoms with Gasteiger partial charge in [-0.15, -0.1) is 0 Å². The molecule has 0 aromatic heterocycles. The van der Waals surface area contributed by atoms with Crippen LogP contribution >= 0.6 is 15.9 Å². The standard InChI is InChI=1S/C18H19BrN2O4/c1-11(2)25-16-9-8-12(19)10-14(16)18(23)21-20-17(22)13-6-4-5-7-15(13)24-3/h4-11H,1-3H3,(H,20,22)(H,21,23). The molecular weight excluding hydrogens is 388 g/mol. The molecule has 0 atom stereocenters. The van der Waals surface area contributed by atoms with E-state index in [2.05, 4.69) is 26.8 Å². The first kappa shape index (κ1) is 18.8. The molecule has 0 bridgehead atoms. The maximum Gasteiger partial charge on any atom is 0.273 e. The van der Waals surface area contributed by atoms with Crippen molar-refractivity contribution in [3.8, 4) is 11.5 Å². The van der Waals surface area contributed by atoms with Gasteiger partial charge in [-0.3, -0.25) is 20.4 Å². The van der Waals surface area contributed by atoms with Gasteiger partial charge in [0.25, 0.3) is 11.8 Å². The molecule has 2 aromatic carbocycles. The third-order valence-electron chi connectivity index (χ3n) is 3.19. The summed E-state index contributed by atoms with van der Waals surface area (Å²) in [4.78, 5) is 24.7. The highest BCUT2D eigenvalue weighted by molar-refractivity contribution is 9.10. The van der Waals surface area contributed by atoms with Crippen LogP contribution in [0, 0.1) is 0 Å². The molecule has 0 heterocycles. The fourth-order valence-corrected chi connectivity index (χ4v) is 2.48. The number of para-hydroxylation sites is 1. The minimum Gasteiger partial charge on any atom is -0.496 e. The summed E-state index contributed by atoms with van der Waals surface area (Å²) in [6.07, 6.45) is -0.0871. The molecule has 0 aliphatic carbocycles. The zero-order valence-electron chi connectivity index (χ0n) is 14.1. The first-order valence-corrected chi connectivity index (χ1v) is 8.41. The van der Waals surface area contributed by atoms with Crippen LogP contribution in [-0.4, -0.2) is 25.0 Å². The Kier molecular flexibility index (Phi) is 6.41. The van der Waals surface area contributed by atoms with Crippen LogP contribution in [0.1, 0.15) is 34.6 Å². The Balaban J connectivity index is 2.12. The lowest BCUT2D eigenvalue weighted by atomic mass is 10.2. The van der Waals surface area contributed by atoms with Crippen molar-refractivity contribution in [2.24, 2.45) is 0 Å². The Bertz CT molecular complexity index is 777. The van der Waals surface area contributed by atoms with Crippen LogP contribution in [0.5, 0.6) is 11.5 Å². The quantitative estimate of drug-likeness (QED) is 0.746. The van der Waals surface area contributed by atoms with Gasteiger partial charge >= 0.3 is 0 Å². The number of carbonyl (C=O) groups is 2. The van der Waals surface area contributed by atoms with E-state index >= 15 is 0 Å². The van der Waals surface area contributed by atoms with Gasteiger partial charge in [0.05, 0.1) is 24.3 Å². The first-order valence-electron chi connectivity index (χ1n) is 7.62. The Morgan fingerprint density at radius 1 is 0.960 bits per heavy atom. The topological polar surface area (TPSA) is 76.7 Å². The maximum absolute atomic E-state index is 12.4. The number of methoxy groups -OCH3 is 1. The van der Waals surface area contributed by atoms with Crippen molar-refractivity contribution in [1.29, 1.82) is 0 Å². The van der Waals surface area contributed by atoms with Gasteiger partial charge in [-0.25, -0.2) is 0 Å². The van der Waals surface area contributed by atoms with E-state index in [-0.39, 0.29) is 6.10 Å². The molecule has 0 fully saturated rings. The second-order valence-electron chi connectivity index (χ2n) is 5.42. The fraction of sp³-hybridized carbons (Fsp3) is 0.222. The Morgan fingerprint density at radius 2 is 1.60 bits per heavy atom. The highest BCUT2D eigenvalue weighted by Crippen LogP contribution is 2.24. The van der Waals surface area contributed by atoms with E-state index in [1.54, 1.807) is 42.5 Å². The van der Waals surface area contributed by atoms with Gasteiger partial charge in [0.15, 0.2) is 0 Å². The number of amides is 2. The summed E-state index contributed by atoms with van der Waals surface area (Å²) in [5.74, 6) is -0.116. The molecule has 0 spiro atoms. The van der Waals surface area contributed by atoms with Crippen molar-refractivity contribution < 1.29 is 19.1 Å². The molecule has 6 nitrogen and oxygen atoms in total. The molecule has 2 N–H and O–H groups in total. The predicted octanol–water partition coefficient (Wildman–Crippen LogP) is 3.32. The Hall–Kier alpha value is -2.54. The average molecular weight is 407 g/mol. The summed E-state index contributed by atoms with van der Waals surface area (Å²) in [5, 5.41) is 0. The number of carbonyl (C=O) groups excluding carboxylic acids is 2. The number of rotatable bonds is 5. The zero-order valence-corrected chi connectivity index (χ0v) is 15.7. The molecule has 0 unspecified atom stereocenters. The van der Waals surface area contributed by atoms with Crippen LogP contribution in [0.4, 0.5) is 0 Å². The van der Waals surface area contributed by atoms with Gasteiger partial charge in [-0.1, -0.05) is 28.1 Å². The second kappa shape index (κ2) is 8.53. The molecule has 0 radical (unpaired) electrons. The fourth-order valence-electron chi connectivity index (χ4n) is 2.12. The third-order valence-corrected chi connectivity index (χ3v) is 3.68. The molecule has 0 aliphatic rings. The van der Waals surface area contributed by atoms with Crippen molar-refractivity contribution >= 4 is 27.7 Å². The van der Waals surface area contributed by atoms with E-state index in [0.29, 0.717) is 22.6 Å². The van der Waals surface area contributed by atoms with Crippen LogP contribution < -0.4 is 20.3 Å². The Labute approximate surface area is 154 Å². The van der Waals surface area contributed by atoms with E-state index < -0.39 is 11.8 Å². The largest absolute Gasteiger partial charge is 0.496 e. The second-order valence-corrected chi connectivity index (χ2v) is 6.33. The van der Waals surface area contributed by atoms with Crippen molar-refractivity contribution in [1.82, 2.24) is 10.9 Å². The summed E-state index contributed by atoms with van der Waals surface area (Å²) in [7, 11) is 1.47. The van der Waals surface area contributed by atoms with E-state index in [1.807, 2.05) is 13.8 Å². The summed E-state index contributed by atoms with van der Waals surface area (Å²) in [6, 6.07) is 11.8. The van der Waals surface area contributed by atoms with Crippen LogP contribution in [0.25, 0.3) is 0 Å². The monoisotopic (exact) mass is 406 g/mol. The molecule has 0 saturated heterocycles. The molecule has 2 amide bonds. The average Bonchev–Trinajstić information content (AvgIpc) is 2.60. The normalized spacial score (nSPS) is 10.3. The first-order chi connectivity index (χ1) is 11.9. The Morgan fingerprint density at radius 3 is 2.24 bits per heavy atom. The minimum atomic E-state index is -0.486. The van der Waals surface area contributed by atoms with Gasteiger partial charge in [-0.2, -0.15) is 0 Å². The third kappa shape index (κ3) is 4.96. The van der Waals surface area contributed by atoms with E-state index in [1.165, 1.54) is 7.11 Å². The molecular formula is C18H19BrN2O4. The summed E-state index contributed by atoms with van der Waals surface area (Å²) in [5.41, 5.74) is 5.40. The number of hydrogen-bond donors (Lipinski definition) is 2. The summed E-state index contributed by atoms with van der Waals surface area (Å²) in [6.45, 7) is 3.74. The lowest BCUT2D eigenvalue weighted by molar-refractivity contribution is 0.0841. The van der Waals surface area contributed by atoms with Crippen molar-refractivity contribution in [3.63, 3.8) is 0 Å². The molecule has 132 valence electrons. The molecule has 25 heavy (non-hydrogen) atoms. The van der Waals surface area contributed by atoms with Gasteiger partial charge in [0.2, 0.25) is 0 Å². The molecule has 2 aromatic rings. The highest BCUT2D eigenvalue weighted by Gasteiger charge is 2.17. The SMILES string of the molecule is COc1ccccc1C(=O)NNC(=O)c1cc(Br)ccc1OC(C)C. The molecule has 0 saturated carbocycles. The highest BCUT2D eigenvalue weighted by atomic mass is 79.9. The van der Waals surface area contributed by atoms with E-state index in [4.69, 9.17) is 9.47 Å². The van der Waals surface area contributed by atoms with Crippen molar-refractivity contribution in [3.05, 3.63) is 58.1 Å². The minimum absolute atomic E-state index is 0.0871. The van der Waals surface area contributed by atoms with Crippen LogP contribution in [0.2, 0.25) is 0 Å². The zero-order chi connectivity index (χ0) is 18.4. The van der Waals surface area contributed by atoms with Crippen molar-refractivity contribution in [2.75, 3.05) is 7.11 Å². The predicted molar refractivity (Wildman–Crippen MR) is 97.8 cm³/mol. The number of nitrogens with one attached hydrogen (secondary N) is 2. The van der Waals surface area contributed by atoms with Crippen LogP contribution in [-0.2, 0) is 0 Å². The number of ether oxygens (including phenoxy) is 2. The summed E-state index contributed by atoms with van der Waals surface area (Å²) < 4.78 is 11.5. The smallest absolute Gasteiger partial charge is 0.273 e. The summed E-state index contributed by atoms with van der Waals surface area (Å²) >= 11 is 3.33. The molecule has 7 heteroatoms. The van der Waals surface area contributed by atoms with Gasteiger partial charge in [0, 0.05) is 4.47 Å². The molecule has 2 rings (SSSR count). The lowest BCUT2D eigenvalue weighted by Gasteiger charge is -2.15. The van der Waals surface area contributed by atoms with Gasteiger partial charge in [0.1, 0.15) is 11.5 Å². The van der Waals surface area contributed by atoms with Gasteiger partial charge < -0.3 is 9.47 Å². The van der Waals surface area contributed by atoms with E-state index in [9.17, 15) is 9.59 Å². The number of benzene rings is 2. The number of hydrogen-bond acceptors (Lipinski definition) is 4.